The van der Waals surface area contributed by atoms with Gasteiger partial charge in [0, 0.05) is 13.9 Å². The molecule has 0 saturated carbocycles. The summed E-state index contributed by atoms with van der Waals surface area (Å²) in [6.07, 6.45) is 2.05. The molecular weight excluding hydrogens is 164 g/mol. The third kappa shape index (κ3) is 2.99. The molecule has 1 aliphatic rings. The van der Waals surface area contributed by atoms with Gasteiger partial charge in [0.25, 0.3) is 0 Å². The largest absolute Gasteiger partial charge is 0.356 e. The average molecular weight is 186 g/mol. The summed E-state index contributed by atoms with van der Waals surface area (Å²) in [5.41, 5.74) is 0. The number of nitrogens with one attached hydrogen (secondary N) is 1. The monoisotopic (exact) mass is 186 g/mol. The van der Waals surface area contributed by atoms with E-state index in [1.807, 2.05) is 6.92 Å². The molecule has 1 amide bonds. The molecule has 0 atom stereocenters. The van der Waals surface area contributed by atoms with E-state index in [1.54, 1.807) is 0 Å². The lowest BCUT2D eigenvalue weighted by Gasteiger charge is -2.30. The van der Waals surface area contributed by atoms with E-state index in [-0.39, 0.29) is 13.3 Å². The number of hydrogen-bond donors (Lipinski definition) is 1. The summed E-state index contributed by atoms with van der Waals surface area (Å²) in [6.45, 7) is 8.18. The van der Waals surface area contributed by atoms with Crippen LogP contribution in [0.2, 0.25) is 0 Å². The predicted molar refractivity (Wildman–Crippen MR) is 55.6 cm³/mol. The van der Waals surface area contributed by atoms with E-state index in [2.05, 4.69) is 17.1 Å². The molecule has 0 aromatic rings. The van der Waals surface area contributed by atoms with Gasteiger partial charge in [0.1, 0.15) is 0 Å². The van der Waals surface area contributed by atoms with Gasteiger partial charge in [-0.15, -0.1) is 0 Å². The minimum atomic E-state index is 0. The summed E-state index contributed by atoms with van der Waals surface area (Å²) in [6, 6.07) is 0. The zero-order chi connectivity index (χ0) is 9.68. The highest BCUT2D eigenvalue weighted by Gasteiger charge is 2.23. The maximum atomic E-state index is 11.5. The Morgan fingerprint density at radius 3 is 2.54 bits per heavy atom. The van der Waals surface area contributed by atoms with Crippen LogP contribution in [0.3, 0.4) is 0 Å². The SMILES string of the molecule is CCNC(=O)C1CCN(CC)CC1.[HH]. The molecule has 0 aliphatic carbocycles. The molecule has 1 aliphatic heterocycles. The van der Waals surface area contributed by atoms with Crippen LogP contribution in [0, 0.1) is 5.92 Å². The molecule has 1 rings (SSSR count). The highest BCUT2D eigenvalue weighted by molar-refractivity contribution is 5.78. The fourth-order valence-corrected chi connectivity index (χ4v) is 1.83. The lowest BCUT2D eigenvalue weighted by Crippen LogP contribution is -2.40. The second-order valence-electron chi connectivity index (χ2n) is 3.60. The Balaban J connectivity index is 0.00000169. The zero-order valence-corrected chi connectivity index (χ0v) is 8.68. The number of likely N-dealkylation sites (tertiary alicyclic amines) is 1. The first kappa shape index (κ1) is 10.5. The minimum absolute atomic E-state index is 0. The zero-order valence-electron chi connectivity index (χ0n) is 8.68. The third-order valence-corrected chi connectivity index (χ3v) is 2.76. The maximum absolute atomic E-state index is 11.5. The van der Waals surface area contributed by atoms with Crippen molar-refractivity contribution in [2.45, 2.75) is 26.7 Å². The molecule has 1 heterocycles. The van der Waals surface area contributed by atoms with Gasteiger partial charge in [-0.2, -0.15) is 0 Å². The Kier molecular flexibility index (Phi) is 4.22. The molecule has 78 valence electrons. The van der Waals surface area contributed by atoms with Crippen LogP contribution in [0.5, 0.6) is 0 Å². The number of rotatable bonds is 3. The van der Waals surface area contributed by atoms with Crippen molar-refractivity contribution < 1.29 is 6.22 Å². The Labute approximate surface area is 82.0 Å². The third-order valence-electron chi connectivity index (χ3n) is 2.76. The number of carbonyl (C=O) groups excluding carboxylic acids is 1. The van der Waals surface area contributed by atoms with Gasteiger partial charge in [0.2, 0.25) is 5.91 Å². The number of amides is 1. The van der Waals surface area contributed by atoms with E-state index >= 15 is 0 Å². The summed E-state index contributed by atoms with van der Waals surface area (Å²) < 4.78 is 0. The van der Waals surface area contributed by atoms with Crippen LogP contribution in [-0.2, 0) is 4.79 Å². The molecule has 3 heteroatoms. The van der Waals surface area contributed by atoms with Gasteiger partial charge < -0.3 is 10.2 Å². The van der Waals surface area contributed by atoms with Crippen molar-refractivity contribution >= 4 is 5.91 Å². The minimum Gasteiger partial charge on any atom is -0.356 e. The van der Waals surface area contributed by atoms with E-state index in [9.17, 15) is 4.79 Å². The van der Waals surface area contributed by atoms with Crippen LogP contribution in [0.25, 0.3) is 0 Å². The number of carbonyl (C=O) groups is 1. The van der Waals surface area contributed by atoms with Gasteiger partial charge in [0.05, 0.1) is 0 Å². The van der Waals surface area contributed by atoms with Crippen LogP contribution < -0.4 is 5.32 Å². The van der Waals surface area contributed by atoms with E-state index < -0.39 is 0 Å². The topological polar surface area (TPSA) is 32.3 Å². The molecule has 0 spiro atoms. The second kappa shape index (κ2) is 5.22. The second-order valence-corrected chi connectivity index (χ2v) is 3.60. The predicted octanol–water partition coefficient (Wildman–Crippen LogP) is 1.10. The van der Waals surface area contributed by atoms with Crippen molar-refractivity contribution in [2.75, 3.05) is 26.2 Å². The van der Waals surface area contributed by atoms with Gasteiger partial charge in [-0.25, -0.2) is 0 Å². The summed E-state index contributed by atoms with van der Waals surface area (Å²) in [5, 5.41) is 2.89. The van der Waals surface area contributed by atoms with Crippen LogP contribution in [0.4, 0.5) is 0 Å². The number of nitrogens with zero attached hydrogens (tertiary/aromatic N) is 1. The summed E-state index contributed by atoms with van der Waals surface area (Å²) in [5.74, 6) is 0.515. The first-order valence-corrected chi connectivity index (χ1v) is 5.28. The van der Waals surface area contributed by atoms with Crippen LogP contribution in [-0.4, -0.2) is 37.0 Å². The lowest BCUT2D eigenvalue weighted by molar-refractivity contribution is -0.126. The highest BCUT2D eigenvalue weighted by Crippen LogP contribution is 2.16. The Hall–Kier alpha value is -0.570. The van der Waals surface area contributed by atoms with Gasteiger partial charge in [0.15, 0.2) is 0 Å². The molecule has 0 unspecified atom stereocenters. The van der Waals surface area contributed by atoms with Crippen LogP contribution in [0.1, 0.15) is 28.1 Å². The van der Waals surface area contributed by atoms with E-state index in [1.165, 1.54) is 0 Å². The summed E-state index contributed by atoms with van der Waals surface area (Å²) >= 11 is 0. The molecule has 1 saturated heterocycles. The van der Waals surface area contributed by atoms with Crippen molar-refractivity contribution in [1.29, 1.82) is 0 Å². The van der Waals surface area contributed by atoms with Crippen LogP contribution >= 0.6 is 0 Å². The summed E-state index contributed by atoms with van der Waals surface area (Å²) in [7, 11) is 0. The Morgan fingerprint density at radius 2 is 2.08 bits per heavy atom. The number of piperidine rings is 1. The average Bonchev–Trinajstić information content (AvgIpc) is 2.18. The molecule has 1 N–H and O–H groups in total. The quantitative estimate of drug-likeness (QED) is 0.716. The molecule has 1 fully saturated rings. The van der Waals surface area contributed by atoms with E-state index in [0.717, 1.165) is 39.0 Å². The molecular formula is C10H22N2O. The van der Waals surface area contributed by atoms with Crippen molar-refractivity contribution in [3.8, 4) is 0 Å². The van der Waals surface area contributed by atoms with Crippen molar-refractivity contribution in [2.24, 2.45) is 5.92 Å². The molecule has 13 heavy (non-hydrogen) atoms. The Bertz CT molecular complexity index is 168. The van der Waals surface area contributed by atoms with Crippen molar-refractivity contribution in [3.05, 3.63) is 0 Å². The molecule has 3 nitrogen and oxygen atoms in total. The standard InChI is InChI=1S/C10H20N2O.H2/c1-3-11-10(13)9-5-7-12(4-2)8-6-9;/h9H,3-8H2,1-2H3,(H,11,13);1H. The molecule has 0 bridgehead atoms. The fourth-order valence-electron chi connectivity index (χ4n) is 1.83. The highest BCUT2D eigenvalue weighted by atomic mass is 16.1. The number of hydrogen-bond acceptors (Lipinski definition) is 2. The van der Waals surface area contributed by atoms with E-state index in [0.29, 0.717) is 0 Å². The lowest BCUT2D eigenvalue weighted by atomic mass is 9.96. The maximum Gasteiger partial charge on any atom is 0.223 e. The van der Waals surface area contributed by atoms with Gasteiger partial charge in [-0.3, -0.25) is 4.79 Å². The van der Waals surface area contributed by atoms with Gasteiger partial charge in [-0.1, -0.05) is 6.92 Å². The first-order valence-electron chi connectivity index (χ1n) is 5.28. The first-order chi connectivity index (χ1) is 6.27. The fraction of sp³-hybridized carbons (Fsp3) is 0.900. The molecule has 0 aromatic carbocycles. The van der Waals surface area contributed by atoms with Crippen LogP contribution in [0.15, 0.2) is 0 Å². The Morgan fingerprint density at radius 1 is 1.46 bits per heavy atom. The van der Waals surface area contributed by atoms with Gasteiger partial charge in [-0.05, 0) is 39.4 Å². The van der Waals surface area contributed by atoms with Gasteiger partial charge >= 0.3 is 0 Å². The van der Waals surface area contributed by atoms with Crippen molar-refractivity contribution in [3.63, 3.8) is 0 Å². The van der Waals surface area contributed by atoms with Crippen molar-refractivity contribution in [1.82, 2.24) is 10.2 Å². The normalized spacial score (nSPS) is 20.2. The van der Waals surface area contributed by atoms with E-state index in [4.69, 9.17) is 0 Å². The summed E-state index contributed by atoms with van der Waals surface area (Å²) in [4.78, 5) is 13.9. The molecule has 0 radical (unpaired) electrons. The molecule has 0 aromatic heterocycles. The smallest absolute Gasteiger partial charge is 0.223 e.